The number of aryl methyl sites for hydroxylation is 1. The van der Waals surface area contributed by atoms with Crippen LogP contribution in [0.4, 0.5) is 5.00 Å². The van der Waals surface area contributed by atoms with Crippen LogP contribution in [0.1, 0.15) is 39.7 Å². The minimum Gasteiger partial charge on any atom is -0.465 e. The van der Waals surface area contributed by atoms with Crippen LogP contribution in [0.25, 0.3) is 0 Å². The summed E-state index contributed by atoms with van der Waals surface area (Å²) in [6, 6.07) is 0. The zero-order valence-electron chi connectivity index (χ0n) is 14.6. The molecule has 3 rings (SSSR count). The van der Waals surface area contributed by atoms with E-state index < -0.39 is 0 Å². The molecule has 134 valence electrons. The minimum absolute atomic E-state index is 0.301. The second-order valence-electron chi connectivity index (χ2n) is 6.38. The first-order valence-corrected chi connectivity index (χ1v) is 9.45. The van der Waals surface area contributed by atoms with Crippen molar-refractivity contribution < 1.29 is 9.53 Å². The normalized spacial score (nSPS) is 16.2. The highest BCUT2D eigenvalue weighted by atomic mass is 32.1. The van der Waals surface area contributed by atoms with Crippen molar-refractivity contribution in [1.82, 2.24) is 15.1 Å². The van der Waals surface area contributed by atoms with Gasteiger partial charge >= 0.3 is 5.97 Å². The second kappa shape index (κ2) is 7.53. The van der Waals surface area contributed by atoms with E-state index in [1.165, 1.54) is 12.0 Å². The van der Waals surface area contributed by atoms with E-state index in [2.05, 4.69) is 22.7 Å². The van der Waals surface area contributed by atoms with Crippen LogP contribution in [0.2, 0.25) is 0 Å². The Morgan fingerprint density at radius 1 is 1.56 bits per heavy atom. The molecular weight excluding hydrogens is 356 g/mol. The molecule has 0 spiro atoms. The van der Waals surface area contributed by atoms with Gasteiger partial charge in [-0.15, -0.1) is 11.3 Å². The van der Waals surface area contributed by atoms with E-state index in [0.29, 0.717) is 23.1 Å². The van der Waals surface area contributed by atoms with Gasteiger partial charge in [0.1, 0.15) is 5.00 Å². The summed E-state index contributed by atoms with van der Waals surface area (Å²) < 4.78 is 6.74. The lowest BCUT2D eigenvalue weighted by Crippen LogP contribution is -2.28. The Kier molecular flexibility index (Phi) is 5.39. The topological polar surface area (TPSA) is 68.2 Å². The molecule has 0 aromatic carbocycles. The van der Waals surface area contributed by atoms with Crippen LogP contribution in [0.5, 0.6) is 0 Å². The Bertz CT molecular complexity index is 797. The molecule has 2 aromatic heterocycles. The number of aromatic nitrogens is 2. The van der Waals surface area contributed by atoms with Crippen LogP contribution in [0.15, 0.2) is 12.4 Å². The molecule has 6 nitrogen and oxygen atoms in total. The van der Waals surface area contributed by atoms with Crippen LogP contribution in [0, 0.1) is 5.92 Å². The number of hydrogen-bond acceptors (Lipinski definition) is 5. The summed E-state index contributed by atoms with van der Waals surface area (Å²) in [6.07, 6.45) is 6.73. The molecule has 0 fully saturated rings. The van der Waals surface area contributed by atoms with Gasteiger partial charge in [-0.3, -0.25) is 4.68 Å². The monoisotopic (exact) mass is 378 g/mol. The van der Waals surface area contributed by atoms with Crippen LogP contribution in [-0.2, 0) is 31.2 Å². The predicted molar refractivity (Wildman–Crippen MR) is 103 cm³/mol. The van der Waals surface area contributed by atoms with Crippen molar-refractivity contribution in [1.29, 1.82) is 0 Å². The van der Waals surface area contributed by atoms with E-state index >= 15 is 0 Å². The summed E-state index contributed by atoms with van der Waals surface area (Å²) in [5, 5.41) is 11.7. The van der Waals surface area contributed by atoms with Gasteiger partial charge in [-0.05, 0) is 43.0 Å². The molecule has 0 radical (unpaired) electrons. The average molecular weight is 379 g/mol. The Morgan fingerprint density at radius 3 is 3.04 bits per heavy atom. The molecule has 0 aliphatic heterocycles. The largest absolute Gasteiger partial charge is 0.465 e. The van der Waals surface area contributed by atoms with Crippen molar-refractivity contribution >= 4 is 39.6 Å². The molecule has 2 aromatic rings. The summed E-state index contributed by atoms with van der Waals surface area (Å²) in [5.41, 5.74) is 2.80. The number of esters is 1. The van der Waals surface area contributed by atoms with Crippen molar-refractivity contribution in [2.24, 2.45) is 13.0 Å². The number of hydrogen-bond donors (Lipinski definition) is 2. The third-order valence-corrected chi connectivity index (χ3v) is 5.76. The van der Waals surface area contributed by atoms with Crippen molar-refractivity contribution in [2.75, 3.05) is 12.4 Å². The highest BCUT2D eigenvalue weighted by molar-refractivity contribution is 7.80. The first-order chi connectivity index (χ1) is 12.0. The number of thiophene rings is 1. The van der Waals surface area contributed by atoms with Gasteiger partial charge in [0.2, 0.25) is 0 Å². The van der Waals surface area contributed by atoms with Crippen molar-refractivity contribution in [2.45, 2.75) is 32.7 Å². The van der Waals surface area contributed by atoms with Gasteiger partial charge in [-0.25, -0.2) is 4.79 Å². The number of rotatable bonds is 4. The van der Waals surface area contributed by atoms with E-state index in [0.717, 1.165) is 35.4 Å². The van der Waals surface area contributed by atoms with Crippen molar-refractivity contribution in [3.63, 3.8) is 0 Å². The Balaban J connectivity index is 1.74. The average Bonchev–Trinajstić information content (AvgIpc) is 3.14. The van der Waals surface area contributed by atoms with Gasteiger partial charge in [-0.1, -0.05) is 6.92 Å². The first kappa shape index (κ1) is 17.9. The molecule has 0 unspecified atom stereocenters. The molecule has 1 aliphatic carbocycles. The number of methoxy groups -OCH3 is 1. The zero-order chi connectivity index (χ0) is 18.0. The fourth-order valence-electron chi connectivity index (χ4n) is 3.05. The zero-order valence-corrected chi connectivity index (χ0v) is 16.2. The van der Waals surface area contributed by atoms with E-state index in [1.807, 2.05) is 13.2 Å². The van der Waals surface area contributed by atoms with Gasteiger partial charge in [0.15, 0.2) is 5.11 Å². The Morgan fingerprint density at radius 2 is 2.36 bits per heavy atom. The SMILES string of the molecule is COC(=O)c1c(NC(=S)NCc2cnn(C)c2)sc2c1CC[C@@H](C)C2. The van der Waals surface area contributed by atoms with E-state index in [-0.39, 0.29) is 5.97 Å². The van der Waals surface area contributed by atoms with Crippen LogP contribution < -0.4 is 10.6 Å². The third kappa shape index (κ3) is 4.01. The maximum atomic E-state index is 12.3. The fraction of sp³-hybridized carbons (Fsp3) is 0.471. The molecule has 0 saturated carbocycles. The van der Waals surface area contributed by atoms with Crippen molar-refractivity contribution in [3.8, 4) is 0 Å². The van der Waals surface area contributed by atoms with Crippen LogP contribution in [0.3, 0.4) is 0 Å². The lowest BCUT2D eigenvalue weighted by molar-refractivity contribution is 0.0601. The molecule has 1 aliphatic rings. The highest BCUT2D eigenvalue weighted by Crippen LogP contribution is 2.39. The number of thiocarbonyl (C=S) groups is 1. The molecule has 2 heterocycles. The summed E-state index contributed by atoms with van der Waals surface area (Å²) in [6.45, 7) is 2.82. The van der Waals surface area contributed by atoms with Crippen LogP contribution in [-0.4, -0.2) is 28.0 Å². The third-order valence-electron chi connectivity index (χ3n) is 4.34. The maximum absolute atomic E-state index is 12.3. The summed E-state index contributed by atoms with van der Waals surface area (Å²) in [5.74, 6) is 0.338. The summed E-state index contributed by atoms with van der Waals surface area (Å²) in [7, 11) is 3.29. The van der Waals surface area contributed by atoms with E-state index in [1.54, 1.807) is 22.2 Å². The minimum atomic E-state index is -0.301. The van der Waals surface area contributed by atoms with Crippen molar-refractivity contribution in [3.05, 3.63) is 34.0 Å². The number of ether oxygens (including phenoxy) is 1. The van der Waals surface area contributed by atoms with Gasteiger partial charge in [0.25, 0.3) is 0 Å². The Labute approximate surface area is 156 Å². The standard InChI is InChI=1S/C17H22N4O2S2/c1-10-4-5-12-13(6-10)25-15(14(12)16(22)23-3)20-17(24)18-7-11-8-19-21(2)9-11/h8-10H,4-7H2,1-3H3,(H2,18,20,24)/t10-/m1/s1. The van der Waals surface area contributed by atoms with E-state index in [4.69, 9.17) is 17.0 Å². The van der Waals surface area contributed by atoms with Gasteiger partial charge < -0.3 is 15.4 Å². The number of fused-ring (bicyclic) bond motifs is 1. The quantitative estimate of drug-likeness (QED) is 0.630. The van der Waals surface area contributed by atoms with E-state index in [9.17, 15) is 4.79 Å². The highest BCUT2D eigenvalue weighted by Gasteiger charge is 2.28. The molecule has 2 N–H and O–H groups in total. The Hall–Kier alpha value is -1.93. The molecule has 1 atom stereocenters. The fourth-order valence-corrected chi connectivity index (χ4v) is 4.69. The molecule has 0 saturated heterocycles. The maximum Gasteiger partial charge on any atom is 0.341 e. The van der Waals surface area contributed by atoms with Gasteiger partial charge in [0, 0.05) is 30.2 Å². The predicted octanol–water partition coefficient (Wildman–Crippen LogP) is 2.88. The smallest absolute Gasteiger partial charge is 0.341 e. The lowest BCUT2D eigenvalue weighted by Gasteiger charge is -2.18. The number of carbonyl (C=O) groups is 1. The summed E-state index contributed by atoms with van der Waals surface area (Å²) >= 11 is 7.00. The van der Waals surface area contributed by atoms with Crippen LogP contribution >= 0.6 is 23.6 Å². The summed E-state index contributed by atoms with van der Waals surface area (Å²) in [4.78, 5) is 13.5. The number of anilines is 1. The molecule has 8 heteroatoms. The van der Waals surface area contributed by atoms with Gasteiger partial charge in [-0.2, -0.15) is 5.10 Å². The molecule has 0 amide bonds. The molecule has 25 heavy (non-hydrogen) atoms. The number of carbonyl (C=O) groups excluding carboxylic acids is 1. The number of nitrogens with zero attached hydrogens (tertiary/aromatic N) is 2. The first-order valence-electron chi connectivity index (χ1n) is 8.23. The molecule has 0 bridgehead atoms. The number of nitrogens with one attached hydrogen (secondary N) is 2. The van der Waals surface area contributed by atoms with Gasteiger partial charge in [0.05, 0.1) is 18.9 Å². The second-order valence-corrected chi connectivity index (χ2v) is 7.89. The molecular formula is C17H22N4O2S2. The lowest BCUT2D eigenvalue weighted by atomic mass is 9.88.